The van der Waals surface area contributed by atoms with Crippen LogP contribution in [0.3, 0.4) is 0 Å². The molecule has 1 atom stereocenters. The molecule has 0 aliphatic carbocycles. The van der Waals surface area contributed by atoms with Gasteiger partial charge in [0, 0.05) is 6.26 Å². The zero-order valence-corrected chi connectivity index (χ0v) is 14.7. The fraction of sp³-hybridized carbons (Fsp3) is 0.222. The molecule has 2 aromatic rings. The van der Waals surface area contributed by atoms with Crippen LogP contribution >= 0.6 is 0 Å². The van der Waals surface area contributed by atoms with E-state index in [9.17, 15) is 18.0 Å². The summed E-state index contributed by atoms with van der Waals surface area (Å²) in [5, 5.41) is 2.67. The van der Waals surface area contributed by atoms with Crippen LogP contribution in [0.1, 0.15) is 12.5 Å². The van der Waals surface area contributed by atoms with Crippen molar-refractivity contribution in [2.45, 2.75) is 24.3 Å². The van der Waals surface area contributed by atoms with Crippen LogP contribution < -0.4 is 10.2 Å². The molecular weight excluding hydrogens is 340 g/mol. The van der Waals surface area contributed by atoms with Crippen molar-refractivity contribution in [2.24, 2.45) is 0 Å². The standard InChI is InChI=1S/C18H18N2O4S/c1-12-18(22)19-15-11-14(25(2,23)24)8-9-16(15)20(12)17(21)10-13-6-4-3-5-7-13/h3-9,11-12H,10H2,1-2H3,(H,19,22)/t12-/m0/s1. The van der Waals surface area contributed by atoms with Gasteiger partial charge in [0.15, 0.2) is 9.84 Å². The second-order valence-electron chi connectivity index (χ2n) is 6.04. The molecule has 0 unspecified atom stereocenters. The first-order valence-electron chi connectivity index (χ1n) is 7.78. The van der Waals surface area contributed by atoms with Crippen molar-refractivity contribution >= 4 is 33.0 Å². The number of sulfone groups is 1. The average Bonchev–Trinajstić information content (AvgIpc) is 2.55. The van der Waals surface area contributed by atoms with E-state index in [1.165, 1.54) is 17.0 Å². The number of benzene rings is 2. The molecule has 0 aromatic heterocycles. The van der Waals surface area contributed by atoms with Crippen LogP contribution in [-0.2, 0) is 25.8 Å². The van der Waals surface area contributed by atoms with E-state index in [0.29, 0.717) is 11.4 Å². The van der Waals surface area contributed by atoms with Gasteiger partial charge in [0.25, 0.3) is 0 Å². The maximum atomic E-state index is 12.8. The molecule has 2 amide bonds. The van der Waals surface area contributed by atoms with Gasteiger partial charge in [-0.1, -0.05) is 30.3 Å². The minimum atomic E-state index is -3.41. The van der Waals surface area contributed by atoms with Crippen molar-refractivity contribution in [3.05, 3.63) is 54.1 Å². The maximum absolute atomic E-state index is 12.8. The summed E-state index contributed by atoms with van der Waals surface area (Å²) in [6.07, 6.45) is 1.26. The van der Waals surface area contributed by atoms with Gasteiger partial charge in [0.05, 0.1) is 22.7 Å². The third-order valence-electron chi connectivity index (χ3n) is 4.15. The smallest absolute Gasteiger partial charge is 0.247 e. The molecule has 1 aliphatic rings. The number of anilines is 2. The SMILES string of the molecule is C[C@H]1C(=O)Nc2cc(S(C)(=O)=O)ccc2N1C(=O)Cc1ccccc1. The number of nitrogens with zero attached hydrogens (tertiary/aromatic N) is 1. The minimum Gasteiger partial charge on any atom is -0.322 e. The Hall–Kier alpha value is -2.67. The van der Waals surface area contributed by atoms with Crippen LogP contribution in [0.25, 0.3) is 0 Å². The van der Waals surface area contributed by atoms with E-state index in [-0.39, 0.29) is 23.1 Å². The first-order chi connectivity index (χ1) is 11.8. The largest absolute Gasteiger partial charge is 0.322 e. The van der Waals surface area contributed by atoms with Gasteiger partial charge in [-0.15, -0.1) is 0 Å². The summed E-state index contributed by atoms with van der Waals surface area (Å²) in [7, 11) is -3.41. The molecule has 0 spiro atoms. The van der Waals surface area contributed by atoms with E-state index in [1.807, 2.05) is 30.3 Å². The second-order valence-corrected chi connectivity index (χ2v) is 8.06. The highest BCUT2D eigenvalue weighted by molar-refractivity contribution is 7.90. The summed E-state index contributed by atoms with van der Waals surface area (Å²) in [6.45, 7) is 1.64. The molecule has 6 nitrogen and oxygen atoms in total. The van der Waals surface area contributed by atoms with Gasteiger partial charge in [0.1, 0.15) is 6.04 Å². The number of rotatable bonds is 3. The quantitative estimate of drug-likeness (QED) is 0.910. The molecular formula is C18H18N2O4S. The van der Waals surface area contributed by atoms with E-state index < -0.39 is 15.9 Å². The number of hydrogen-bond acceptors (Lipinski definition) is 4. The zero-order valence-electron chi connectivity index (χ0n) is 13.9. The summed E-state index contributed by atoms with van der Waals surface area (Å²) in [6, 6.07) is 13.0. The van der Waals surface area contributed by atoms with E-state index in [4.69, 9.17) is 0 Å². The van der Waals surface area contributed by atoms with Gasteiger partial charge in [-0.05, 0) is 30.7 Å². The summed E-state index contributed by atoms with van der Waals surface area (Å²) < 4.78 is 23.5. The minimum absolute atomic E-state index is 0.0940. The topological polar surface area (TPSA) is 83.6 Å². The first-order valence-corrected chi connectivity index (χ1v) is 9.67. The molecule has 0 fully saturated rings. The molecule has 1 aliphatic heterocycles. The molecule has 3 rings (SSSR count). The van der Waals surface area contributed by atoms with Crippen LogP contribution in [-0.4, -0.2) is 32.5 Å². The Morgan fingerprint density at radius 2 is 1.84 bits per heavy atom. The number of fused-ring (bicyclic) bond motifs is 1. The molecule has 1 heterocycles. The highest BCUT2D eigenvalue weighted by Gasteiger charge is 2.34. The van der Waals surface area contributed by atoms with Crippen LogP contribution in [0.15, 0.2) is 53.4 Å². The van der Waals surface area contributed by atoms with Crippen molar-refractivity contribution in [1.29, 1.82) is 0 Å². The molecule has 1 N–H and O–H groups in total. The van der Waals surface area contributed by atoms with Crippen LogP contribution in [0.5, 0.6) is 0 Å². The third-order valence-corrected chi connectivity index (χ3v) is 5.26. The average molecular weight is 358 g/mol. The van der Waals surface area contributed by atoms with Gasteiger partial charge in [-0.3, -0.25) is 14.5 Å². The first kappa shape index (κ1) is 17.2. The Bertz CT molecular complexity index is 939. The van der Waals surface area contributed by atoms with Gasteiger partial charge >= 0.3 is 0 Å². The maximum Gasteiger partial charge on any atom is 0.247 e. The molecule has 7 heteroatoms. The molecule has 130 valence electrons. The molecule has 0 radical (unpaired) electrons. The van der Waals surface area contributed by atoms with Crippen LogP contribution in [0.2, 0.25) is 0 Å². The number of hydrogen-bond donors (Lipinski definition) is 1. The van der Waals surface area contributed by atoms with Gasteiger partial charge in [-0.25, -0.2) is 8.42 Å². The molecule has 0 saturated carbocycles. The predicted octanol–water partition coefficient (Wildman–Crippen LogP) is 2.01. The molecule has 0 bridgehead atoms. The molecule has 25 heavy (non-hydrogen) atoms. The van der Waals surface area contributed by atoms with Crippen molar-refractivity contribution in [1.82, 2.24) is 0 Å². The lowest BCUT2D eigenvalue weighted by Gasteiger charge is -2.34. The zero-order chi connectivity index (χ0) is 18.2. The fourth-order valence-corrected chi connectivity index (χ4v) is 3.47. The number of carbonyl (C=O) groups is 2. The lowest BCUT2D eigenvalue weighted by Crippen LogP contribution is -2.50. The monoisotopic (exact) mass is 358 g/mol. The summed E-state index contributed by atoms with van der Waals surface area (Å²) >= 11 is 0. The summed E-state index contributed by atoms with van der Waals surface area (Å²) in [5.41, 5.74) is 1.67. The highest BCUT2D eigenvalue weighted by Crippen LogP contribution is 2.34. The molecule has 2 aromatic carbocycles. The van der Waals surface area contributed by atoms with Crippen molar-refractivity contribution in [3.8, 4) is 0 Å². The van der Waals surface area contributed by atoms with E-state index >= 15 is 0 Å². The van der Waals surface area contributed by atoms with Gasteiger partial charge in [0.2, 0.25) is 11.8 Å². The van der Waals surface area contributed by atoms with Crippen LogP contribution in [0, 0.1) is 0 Å². The number of amides is 2. The Labute approximate surface area is 146 Å². The number of carbonyl (C=O) groups excluding carboxylic acids is 2. The van der Waals surface area contributed by atoms with Crippen molar-refractivity contribution < 1.29 is 18.0 Å². The van der Waals surface area contributed by atoms with E-state index in [1.54, 1.807) is 13.0 Å². The Morgan fingerprint density at radius 1 is 1.16 bits per heavy atom. The van der Waals surface area contributed by atoms with Crippen molar-refractivity contribution in [2.75, 3.05) is 16.5 Å². The predicted molar refractivity (Wildman–Crippen MR) is 95.3 cm³/mol. The Kier molecular flexibility index (Phi) is 4.34. The fourth-order valence-electron chi connectivity index (χ4n) is 2.83. The third kappa shape index (κ3) is 3.41. The van der Waals surface area contributed by atoms with E-state index in [0.717, 1.165) is 11.8 Å². The number of nitrogens with one attached hydrogen (secondary N) is 1. The summed E-state index contributed by atoms with van der Waals surface area (Å²) in [5.74, 6) is -0.568. The van der Waals surface area contributed by atoms with Crippen LogP contribution in [0.4, 0.5) is 11.4 Å². The Balaban J connectivity index is 2.00. The normalized spacial score (nSPS) is 17.0. The lowest BCUT2D eigenvalue weighted by molar-refractivity contribution is -0.123. The van der Waals surface area contributed by atoms with E-state index in [2.05, 4.69) is 5.32 Å². The summed E-state index contributed by atoms with van der Waals surface area (Å²) in [4.78, 5) is 26.5. The van der Waals surface area contributed by atoms with Gasteiger partial charge < -0.3 is 5.32 Å². The lowest BCUT2D eigenvalue weighted by atomic mass is 10.1. The second kappa shape index (κ2) is 6.33. The van der Waals surface area contributed by atoms with Gasteiger partial charge in [-0.2, -0.15) is 0 Å². The Morgan fingerprint density at radius 3 is 2.48 bits per heavy atom. The highest BCUT2D eigenvalue weighted by atomic mass is 32.2. The molecule has 0 saturated heterocycles. The van der Waals surface area contributed by atoms with Crippen molar-refractivity contribution in [3.63, 3.8) is 0 Å².